The number of rotatable bonds is 5. The van der Waals surface area contributed by atoms with Gasteiger partial charge in [-0.15, -0.1) is 0 Å². The third kappa shape index (κ3) is 4.06. The first-order valence-corrected chi connectivity index (χ1v) is 7.33. The van der Waals surface area contributed by atoms with Crippen LogP contribution in [0.3, 0.4) is 0 Å². The van der Waals surface area contributed by atoms with Crippen molar-refractivity contribution >= 4 is 29.2 Å². The van der Waals surface area contributed by atoms with Crippen LogP contribution in [0.2, 0.25) is 10.0 Å². The summed E-state index contributed by atoms with van der Waals surface area (Å²) in [5.41, 5.74) is 1.02. The fraction of sp³-hybridized carbons (Fsp3) is 0.188. The van der Waals surface area contributed by atoms with Gasteiger partial charge in [-0.25, -0.2) is 4.79 Å². The number of hydrogen-bond acceptors (Lipinski definition) is 4. The quantitative estimate of drug-likeness (QED) is 0.816. The molecule has 0 heterocycles. The number of hydrogen-bond donors (Lipinski definition) is 1. The first-order chi connectivity index (χ1) is 10.5. The first kappa shape index (κ1) is 16.5. The molecule has 22 heavy (non-hydrogen) atoms. The highest BCUT2D eigenvalue weighted by Crippen LogP contribution is 2.29. The van der Waals surface area contributed by atoms with Crippen LogP contribution in [0.5, 0.6) is 11.5 Å². The highest BCUT2D eigenvalue weighted by atomic mass is 35.5. The molecule has 2 rings (SSSR count). The molecule has 116 valence electrons. The Morgan fingerprint density at radius 2 is 1.95 bits per heavy atom. The molecule has 0 aliphatic rings. The van der Waals surface area contributed by atoms with Gasteiger partial charge in [0.25, 0.3) is 0 Å². The number of ether oxygens (including phenoxy) is 2. The molecule has 0 atom stereocenters. The van der Waals surface area contributed by atoms with Crippen molar-refractivity contribution in [2.75, 3.05) is 6.61 Å². The standard InChI is InChI=1S/C16H14Cl2O4/c1-2-21-16(20)10-4-6-14(19)15(7-10)22-9-11-3-5-12(17)8-13(11)18/h3-8,19H,2,9H2,1H3. The molecule has 4 nitrogen and oxygen atoms in total. The minimum atomic E-state index is -0.475. The molecule has 0 unspecified atom stereocenters. The molecule has 0 saturated carbocycles. The van der Waals surface area contributed by atoms with Crippen LogP contribution in [0.15, 0.2) is 36.4 Å². The summed E-state index contributed by atoms with van der Waals surface area (Å²) in [5, 5.41) is 10.8. The normalized spacial score (nSPS) is 10.3. The van der Waals surface area contributed by atoms with E-state index in [1.54, 1.807) is 25.1 Å². The van der Waals surface area contributed by atoms with Gasteiger partial charge in [0.1, 0.15) is 6.61 Å². The van der Waals surface area contributed by atoms with Crippen LogP contribution >= 0.6 is 23.2 Å². The minimum Gasteiger partial charge on any atom is -0.504 e. The topological polar surface area (TPSA) is 55.8 Å². The Morgan fingerprint density at radius 3 is 2.64 bits per heavy atom. The number of esters is 1. The van der Waals surface area contributed by atoms with Crippen molar-refractivity contribution in [3.05, 3.63) is 57.6 Å². The molecule has 0 amide bonds. The summed E-state index contributed by atoms with van der Waals surface area (Å²) in [5.74, 6) is -0.369. The maximum atomic E-state index is 11.7. The Kier molecular flexibility index (Phi) is 5.52. The number of carbonyl (C=O) groups is 1. The summed E-state index contributed by atoms with van der Waals surface area (Å²) >= 11 is 11.9. The second-order valence-corrected chi connectivity index (χ2v) is 5.27. The van der Waals surface area contributed by atoms with Gasteiger partial charge in [-0.05, 0) is 37.3 Å². The van der Waals surface area contributed by atoms with Gasteiger partial charge in [-0.1, -0.05) is 29.3 Å². The van der Waals surface area contributed by atoms with Crippen LogP contribution in [0.1, 0.15) is 22.8 Å². The molecule has 0 aromatic heterocycles. The summed E-state index contributed by atoms with van der Waals surface area (Å²) in [6.07, 6.45) is 0. The van der Waals surface area contributed by atoms with E-state index in [2.05, 4.69) is 0 Å². The zero-order chi connectivity index (χ0) is 16.1. The first-order valence-electron chi connectivity index (χ1n) is 6.58. The van der Waals surface area contributed by atoms with Gasteiger partial charge in [0.15, 0.2) is 11.5 Å². The number of phenols is 1. The molecule has 0 fully saturated rings. The number of benzene rings is 2. The van der Waals surface area contributed by atoms with Gasteiger partial charge in [0, 0.05) is 15.6 Å². The highest BCUT2D eigenvalue weighted by molar-refractivity contribution is 6.35. The van der Waals surface area contributed by atoms with Gasteiger partial charge < -0.3 is 14.6 Å². The molecule has 0 aliphatic heterocycles. The molecule has 2 aromatic carbocycles. The summed E-state index contributed by atoms with van der Waals surface area (Å²) in [6.45, 7) is 2.13. The lowest BCUT2D eigenvalue weighted by molar-refractivity contribution is 0.0526. The Morgan fingerprint density at radius 1 is 1.18 bits per heavy atom. The second-order valence-electron chi connectivity index (χ2n) is 4.43. The van der Waals surface area contributed by atoms with Crippen molar-refractivity contribution in [2.24, 2.45) is 0 Å². The third-order valence-electron chi connectivity index (χ3n) is 2.87. The maximum absolute atomic E-state index is 11.7. The van der Waals surface area contributed by atoms with Gasteiger partial charge >= 0.3 is 5.97 Å². The highest BCUT2D eigenvalue weighted by Gasteiger charge is 2.12. The van der Waals surface area contributed by atoms with Crippen LogP contribution in [-0.2, 0) is 11.3 Å². The predicted octanol–water partition coefficient (Wildman–Crippen LogP) is 4.45. The lowest BCUT2D eigenvalue weighted by Crippen LogP contribution is -2.05. The third-order valence-corrected chi connectivity index (χ3v) is 3.46. The largest absolute Gasteiger partial charge is 0.504 e. The Balaban J connectivity index is 2.15. The smallest absolute Gasteiger partial charge is 0.338 e. The van der Waals surface area contributed by atoms with Crippen molar-refractivity contribution in [3.8, 4) is 11.5 Å². The zero-order valence-corrected chi connectivity index (χ0v) is 13.3. The van der Waals surface area contributed by atoms with Crippen LogP contribution < -0.4 is 4.74 Å². The molecule has 2 aromatic rings. The molecule has 0 bridgehead atoms. The van der Waals surface area contributed by atoms with Crippen LogP contribution in [0, 0.1) is 0 Å². The molecule has 0 spiro atoms. The van der Waals surface area contributed by atoms with Crippen molar-refractivity contribution < 1.29 is 19.4 Å². The van der Waals surface area contributed by atoms with Gasteiger partial charge in [-0.2, -0.15) is 0 Å². The maximum Gasteiger partial charge on any atom is 0.338 e. The average molecular weight is 341 g/mol. The van der Waals surface area contributed by atoms with Gasteiger partial charge in [0.2, 0.25) is 0 Å². The van der Waals surface area contributed by atoms with Crippen molar-refractivity contribution in [3.63, 3.8) is 0 Å². The number of aromatic hydroxyl groups is 1. The minimum absolute atomic E-state index is 0.0712. The van der Waals surface area contributed by atoms with E-state index in [4.69, 9.17) is 32.7 Å². The monoisotopic (exact) mass is 340 g/mol. The molecule has 1 N–H and O–H groups in total. The summed E-state index contributed by atoms with van der Waals surface area (Å²) < 4.78 is 10.4. The number of halogens is 2. The zero-order valence-electron chi connectivity index (χ0n) is 11.8. The lowest BCUT2D eigenvalue weighted by Gasteiger charge is -2.11. The summed E-state index contributed by atoms with van der Waals surface area (Å²) in [7, 11) is 0. The predicted molar refractivity (Wildman–Crippen MR) is 84.9 cm³/mol. The SMILES string of the molecule is CCOC(=O)c1ccc(O)c(OCc2ccc(Cl)cc2Cl)c1. The van der Waals surface area contributed by atoms with E-state index in [0.717, 1.165) is 0 Å². The average Bonchev–Trinajstić information content (AvgIpc) is 2.48. The van der Waals surface area contributed by atoms with Crippen LogP contribution in [0.25, 0.3) is 0 Å². The van der Waals surface area contributed by atoms with E-state index in [0.29, 0.717) is 21.2 Å². The van der Waals surface area contributed by atoms with E-state index in [-0.39, 0.29) is 24.7 Å². The van der Waals surface area contributed by atoms with Gasteiger partial charge in [0.05, 0.1) is 12.2 Å². The van der Waals surface area contributed by atoms with E-state index in [9.17, 15) is 9.90 Å². The summed E-state index contributed by atoms with van der Waals surface area (Å²) in [4.78, 5) is 11.7. The van der Waals surface area contributed by atoms with E-state index < -0.39 is 5.97 Å². The Bertz CT molecular complexity index is 686. The number of carbonyl (C=O) groups excluding carboxylic acids is 1. The molecular weight excluding hydrogens is 327 g/mol. The molecule has 0 aliphatic carbocycles. The van der Waals surface area contributed by atoms with Crippen LogP contribution in [0.4, 0.5) is 0 Å². The second kappa shape index (κ2) is 7.38. The molecular formula is C16H14Cl2O4. The number of phenolic OH excluding ortho intramolecular Hbond substituents is 1. The van der Waals surface area contributed by atoms with E-state index in [1.807, 2.05) is 0 Å². The van der Waals surface area contributed by atoms with Crippen molar-refractivity contribution in [1.82, 2.24) is 0 Å². The Hall–Kier alpha value is -1.91. The fourth-order valence-corrected chi connectivity index (χ4v) is 2.23. The van der Waals surface area contributed by atoms with Crippen molar-refractivity contribution in [1.29, 1.82) is 0 Å². The van der Waals surface area contributed by atoms with E-state index in [1.165, 1.54) is 18.2 Å². The van der Waals surface area contributed by atoms with E-state index >= 15 is 0 Å². The molecule has 0 radical (unpaired) electrons. The fourth-order valence-electron chi connectivity index (χ4n) is 1.77. The van der Waals surface area contributed by atoms with Gasteiger partial charge in [-0.3, -0.25) is 0 Å². The molecule has 6 heteroatoms. The summed E-state index contributed by atoms with van der Waals surface area (Å²) in [6, 6.07) is 9.31. The van der Waals surface area contributed by atoms with Crippen molar-refractivity contribution in [2.45, 2.75) is 13.5 Å². The Labute approximate surface area is 138 Å². The lowest BCUT2D eigenvalue weighted by atomic mass is 10.2. The van der Waals surface area contributed by atoms with Crippen LogP contribution in [-0.4, -0.2) is 17.7 Å². The molecule has 0 saturated heterocycles.